The average molecular weight is 319 g/mol. The van der Waals surface area contributed by atoms with Crippen LogP contribution in [-0.2, 0) is 4.74 Å². The summed E-state index contributed by atoms with van der Waals surface area (Å²) in [5, 5.41) is 13.9. The van der Waals surface area contributed by atoms with Gasteiger partial charge in [-0.2, -0.15) is 0 Å². The van der Waals surface area contributed by atoms with Crippen LogP contribution in [0.4, 0.5) is 9.59 Å². The van der Waals surface area contributed by atoms with Gasteiger partial charge in [0.2, 0.25) is 0 Å². The molecule has 0 unspecified atom stereocenters. The van der Waals surface area contributed by atoms with Crippen molar-refractivity contribution in [1.82, 2.24) is 26.6 Å². The summed E-state index contributed by atoms with van der Waals surface area (Å²) >= 11 is 0. The topological polar surface area (TPSA) is 104 Å². The predicted molar refractivity (Wildman–Crippen MR) is 89.2 cm³/mol. The van der Waals surface area contributed by atoms with E-state index in [1.165, 1.54) is 7.11 Å². The molecule has 0 spiro atoms. The molecule has 0 bridgehead atoms. The zero-order chi connectivity index (χ0) is 17.1. The smallest absolute Gasteiger partial charge is 0.406 e. The van der Waals surface area contributed by atoms with Gasteiger partial charge in [-0.05, 0) is 52.9 Å². The number of ether oxygens (including phenoxy) is 1. The van der Waals surface area contributed by atoms with Gasteiger partial charge in [0, 0.05) is 20.1 Å². The van der Waals surface area contributed by atoms with Crippen LogP contribution in [0.2, 0.25) is 0 Å². The number of urea groups is 1. The molecule has 0 aliphatic heterocycles. The first-order valence-corrected chi connectivity index (χ1v) is 7.68. The highest BCUT2D eigenvalue weighted by Crippen LogP contribution is 1.84. The Morgan fingerprint density at radius 2 is 1.23 bits per heavy atom. The minimum absolute atomic E-state index is 0.102. The van der Waals surface area contributed by atoms with Crippen LogP contribution >= 0.6 is 0 Å². The molecule has 0 heterocycles. The summed E-state index contributed by atoms with van der Waals surface area (Å²) in [7, 11) is 6.81. The first-order valence-electron chi connectivity index (χ1n) is 7.68. The number of rotatable bonds is 10. The maximum absolute atomic E-state index is 10.6. The minimum Gasteiger partial charge on any atom is -0.453 e. The van der Waals surface area contributed by atoms with Crippen LogP contribution in [0.5, 0.6) is 0 Å². The van der Waals surface area contributed by atoms with Crippen molar-refractivity contribution in [3.63, 3.8) is 0 Å². The van der Waals surface area contributed by atoms with Crippen molar-refractivity contribution in [2.45, 2.75) is 25.7 Å². The molecule has 0 radical (unpaired) electrons. The highest BCUT2D eigenvalue weighted by Gasteiger charge is 1.95. The van der Waals surface area contributed by atoms with E-state index in [0.717, 1.165) is 45.3 Å². The average Bonchev–Trinajstić information content (AvgIpc) is 2.54. The summed E-state index contributed by atoms with van der Waals surface area (Å²) in [5.41, 5.74) is 0. The Bertz CT molecular complexity index is 239. The number of methoxy groups -OCH3 is 1. The largest absolute Gasteiger partial charge is 0.453 e. The number of hydrogen-bond acceptors (Lipinski definition) is 5. The van der Waals surface area contributed by atoms with Gasteiger partial charge in [-0.3, -0.25) is 0 Å². The van der Waals surface area contributed by atoms with E-state index in [2.05, 4.69) is 31.3 Å². The molecule has 0 aliphatic carbocycles. The SMILES string of the molecule is CNCCCCNC(=O)NC.CNCCCCNC(=O)OC. The zero-order valence-electron chi connectivity index (χ0n) is 14.4. The third kappa shape index (κ3) is 20.8. The van der Waals surface area contributed by atoms with Crippen LogP contribution in [0.1, 0.15) is 25.7 Å². The van der Waals surface area contributed by atoms with E-state index in [0.29, 0.717) is 6.54 Å². The predicted octanol–water partition coefficient (Wildman–Crippen LogP) is 0.257. The van der Waals surface area contributed by atoms with Crippen LogP contribution in [0.3, 0.4) is 0 Å². The molecule has 0 aromatic rings. The fourth-order valence-electron chi connectivity index (χ4n) is 1.41. The van der Waals surface area contributed by atoms with Gasteiger partial charge in [0.25, 0.3) is 0 Å². The standard InChI is InChI=1S/C7H17N3O.C7H16N2O2/c1-8-5-3-4-6-10-7(11)9-2;1-8-5-3-4-6-9-7(10)11-2/h8H,3-6H2,1-2H3,(H2,9,10,11);8H,3-6H2,1-2H3,(H,9,10). The molecule has 0 saturated carbocycles. The number of carbonyl (C=O) groups excluding carboxylic acids is 2. The molecule has 3 amide bonds. The Morgan fingerprint density at radius 1 is 0.773 bits per heavy atom. The summed E-state index contributed by atoms with van der Waals surface area (Å²) in [4.78, 5) is 21.1. The number of carbonyl (C=O) groups is 2. The molecule has 8 heteroatoms. The fraction of sp³-hybridized carbons (Fsp3) is 0.857. The van der Waals surface area contributed by atoms with Gasteiger partial charge in [-0.15, -0.1) is 0 Å². The van der Waals surface area contributed by atoms with Crippen molar-refractivity contribution < 1.29 is 14.3 Å². The Labute approximate surface area is 134 Å². The summed E-state index contributed by atoms with van der Waals surface area (Å²) < 4.78 is 4.39. The molecular formula is C14H33N5O3. The number of amides is 3. The summed E-state index contributed by atoms with van der Waals surface area (Å²) in [5.74, 6) is 0. The molecular weight excluding hydrogens is 286 g/mol. The normalized spacial score (nSPS) is 9.27. The lowest BCUT2D eigenvalue weighted by Gasteiger charge is -2.02. The maximum Gasteiger partial charge on any atom is 0.406 e. The van der Waals surface area contributed by atoms with E-state index >= 15 is 0 Å². The maximum atomic E-state index is 10.6. The summed E-state index contributed by atoms with van der Waals surface area (Å²) in [6.45, 7) is 3.44. The third-order valence-electron chi connectivity index (χ3n) is 2.67. The molecule has 0 rings (SSSR count). The lowest BCUT2D eigenvalue weighted by molar-refractivity contribution is 0.171. The molecule has 0 aromatic carbocycles. The number of unbranched alkanes of at least 4 members (excludes halogenated alkanes) is 2. The van der Waals surface area contributed by atoms with Crippen LogP contribution in [-0.4, -0.2) is 66.6 Å². The van der Waals surface area contributed by atoms with Gasteiger partial charge in [-0.25, -0.2) is 9.59 Å². The summed E-state index contributed by atoms with van der Waals surface area (Å²) in [6.07, 6.45) is 3.82. The van der Waals surface area contributed by atoms with Crippen LogP contribution in [0.15, 0.2) is 0 Å². The van der Waals surface area contributed by atoms with Crippen molar-refractivity contribution in [3.8, 4) is 0 Å². The highest BCUT2D eigenvalue weighted by atomic mass is 16.5. The van der Waals surface area contributed by atoms with E-state index in [1.54, 1.807) is 7.05 Å². The van der Waals surface area contributed by atoms with Crippen molar-refractivity contribution in [2.75, 3.05) is 54.4 Å². The van der Waals surface area contributed by atoms with Gasteiger partial charge in [0.05, 0.1) is 7.11 Å². The van der Waals surface area contributed by atoms with Crippen molar-refractivity contribution in [2.24, 2.45) is 0 Å². The quantitative estimate of drug-likeness (QED) is 0.372. The first kappa shape index (κ1) is 22.7. The van der Waals surface area contributed by atoms with Gasteiger partial charge >= 0.3 is 12.1 Å². The minimum atomic E-state index is -0.352. The molecule has 0 fully saturated rings. The Morgan fingerprint density at radius 3 is 1.64 bits per heavy atom. The third-order valence-corrected chi connectivity index (χ3v) is 2.67. The fourth-order valence-corrected chi connectivity index (χ4v) is 1.41. The molecule has 0 saturated heterocycles. The molecule has 0 atom stereocenters. The molecule has 132 valence electrons. The van der Waals surface area contributed by atoms with Crippen molar-refractivity contribution in [1.29, 1.82) is 0 Å². The van der Waals surface area contributed by atoms with E-state index in [9.17, 15) is 9.59 Å². The van der Waals surface area contributed by atoms with Crippen molar-refractivity contribution >= 4 is 12.1 Å². The Kier molecular flexibility index (Phi) is 20.1. The van der Waals surface area contributed by atoms with E-state index in [4.69, 9.17) is 0 Å². The van der Waals surface area contributed by atoms with Gasteiger partial charge in [0.15, 0.2) is 0 Å². The van der Waals surface area contributed by atoms with E-state index in [-0.39, 0.29) is 12.1 Å². The summed E-state index contributed by atoms with van der Waals surface area (Å²) in [6, 6.07) is -0.102. The second-order valence-corrected chi connectivity index (χ2v) is 4.55. The Balaban J connectivity index is 0. The van der Waals surface area contributed by atoms with E-state index < -0.39 is 0 Å². The Hall–Kier alpha value is -1.54. The lowest BCUT2D eigenvalue weighted by atomic mass is 10.3. The number of nitrogens with one attached hydrogen (secondary N) is 5. The molecule has 0 aliphatic rings. The number of hydrogen-bond donors (Lipinski definition) is 5. The van der Waals surface area contributed by atoms with Gasteiger partial charge < -0.3 is 31.3 Å². The molecule has 8 nitrogen and oxygen atoms in total. The van der Waals surface area contributed by atoms with E-state index in [1.807, 2.05) is 14.1 Å². The van der Waals surface area contributed by atoms with Crippen LogP contribution in [0, 0.1) is 0 Å². The zero-order valence-corrected chi connectivity index (χ0v) is 14.4. The van der Waals surface area contributed by atoms with Crippen molar-refractivity contribution in [3.05, 3.63) is 0 Å². The number of alkyl carbamates (subject to hydrolysis) is 1. The molecule has 5 N–H and O–H groups in total. The molecule has 0 aromatic heterocycles. The first-order chi connectivity index (χ1) is 10.6. The van der Waals surface area contributed by atoms with Gasteiger partial charge in [-0.1, -0.05) is 0 Å². The van der Waals surface area contributed by atoms with Gasteiger partial charge in [0.1, 0.15) is 0 Å². The second-order valence-electron chi connectivity index (χ2n) is 4.55. The monoisotopic (exact) mass is 319 g/mol. The highest BCUT2D eigenvalue weighted by molar-refractivity contribution is 5.73. The second kappa shape index (κ2) is 19.5. The van der Waals surface area contributed by atoms with Crippen LogP contribution in [0.25, 0.3) is 0 Å². The molecule has 22 heavy (non-hydrogen) atoms. The lowest BCUT2D eigenvalue weighted by Crippen LogP contribution is -2.33. The van der Waals surface area contributed by atoms with Crippen LogP contribution < -0.4 is 26.6 Å².